The van der Waals surface area contributed by atoms with Gasteiger partial charge in [0.1, 0.15) is 11.2 Å². The number of para-hydroxylation sites is 1. The Balaban J connectivity index is 2.13. The summed E-state index contributed by atoms with van der Waals surface area (Å²) in [5, 5.41) is 2.38. The van der Waals surface area contributed by atoms with E-state index in [-0.39, 0.29) is 0 Å². The summed E-state index contributed by atoms with van der Waals surface area (Å²) in [5.41, 5.74) is 8.75. The standard InChI is InChI=1S/C15H15NO/c16-9-3-4-11-7-8-13-12-5-1-2-6-14(12)17-15(13)10-11/h1-2,5-8,10H,3-4,9,16H2. The van der Waals surface area contributed by atoms with Gasteiger partial charge in [-0.05, 0) is 37.1 Å². The lowest BCUT2D eigenvalue weighted by Gasteiger charge is -1.98. The van der Waals surface area contributed by atoms with Crippen LogP contribution in [0.25, 0.3) is 21.9 Å². The highest BCUT2D eigenvalue weighted by Gasteiger charge is 2.06. The Labute approximate surface area is 100 Å². The average molecular weight is 225 g/mol. The second-order valence-corrected chi connectivity index (χ2v) is 4.32. The molecule has 17 heavy (non-hydrogen) atoms. The van der Waals surface area contributed by atoms with E-state index >= 15 is 0 Å². The van der Waals surface area contributed by atoms with Crippen LogP contribution in [0.4, 0.5) is 0 Å². The van der Waals surface area contributed by atoms with Gasteiger partial charge in [0, 0.05) is 10.8 Å². The topological polar surface area (TPSA) is 39.2 Å². The van der Waals surface area contributed by atoms with Crippen LogP contribution >= 0.6 is 0 Å². The molecule has 0 aliphatic rings. The lowest BCUT2D eigenvalue weighted by molar-refractivity contribution is 0.667. The molecule has 0 spiro atoms. The molecule has 2 N–H and O–H groups in total. The minimum atomic E-state index is 0.734. The van der Waals surface area contributed by atoms with Crippen LogP contribution in [0.15, 0.2) is 46.9 Å². The Bertz CT molecular complexity index is 654. The molecule has 0 saturated heterocycles. The summed E-state index contributed by atoms with van der Waals surface area (Å²) in [6, 6.07) is 14.6. The number of hydrogen-bond donors (Lipinski definition) is 1. The normalized spacial score (nSPS) is 11.4. The number of aryl methyl sites for hydroxylation is 1. The molecule has 2 nitrogen and oxygen atoms in total. The summed E-state index contributed by atoms with van der Waals surface area (Å²) in [5.74, 6) is 0. The number of furan rings is 1. The molecule has 0 aliphatic carbocycles. The maximum absolute atomic E-state index is 5.84. The van der Waals surface area contributed by atoms with Crippen LogP contribution in [-0.2, 0) is 6.42 Å². The van der Waals surface area contributed by atoms with E-state index in [0.29, 0.717) is 0 Å². The monoisotopic (exact) mass is 225 g/mol. The van der Waals surface area contributed by atoms with E-state index in [0.717, 1.165) is 30.6 Å². The molecule has 1 heterocycles. The fourth-order valence-corrected chi connectivity index (χ4v) is 2.23. The second-order valence-electron chi connectivity index (χ2n) is 4.32. The van der Waals surface area contributed by atoms with Crippen LogP contribution in [0.2, 0.25) is 0 Å². The van der Waals surface area contributed by atoms with Crippen LogP contribution in [-0.4, -0.2) is 6.54 Å². The molecule has 0 unspecified atom stereocenters. The fourth-order valence-electron chi connectivity index (χ4n) is 2.23. The minimum Gasteiger partial charge on any atom is -0.456 e. The molecule has 0 saturated carbocycles. The summed E-state index contributed by atoms with van der Waals surface area (Å²) in [6.45, 7) is 0.734. The molecule has 3 rings (SSSR count). The van der Waals surface area contributed by atoms with Gasteiger partial charge in [-0.15, -0.1) is 0 Å². The van der Waals surface area contributed by atoms with Crippen molar-refractivity contribution in [3.63, 3.8) is 0 Å². The van der Waals surface area contributed by atoms with Crippen LogP contribution in [0.5, 0.6) is 0 Å². The Morgan fingerprint density at radius 1 is 0.941 bits per heavy atom. The van der Waals surface area contributed by atoms with Crippen LogP contribution < -0.4 is 5.73 Å². The molecule has 0 atom stereocenters. The molecule has 0 radical (unpaired) electrons. The first kappa shape index (κ1) is 10.4. The highest BCUT2D eigenvalue weighted by molar-refractivity contribution is 6.04. The van der Waals surface area contributed by atoms with Gasteiger partial charge in [0.05, 0.1) is 0 Å². The van der Waals surface area contributed by atoms with E-state index in [1.807, 2.05) is 18.2 Å². The van der Waals surface area contributed by atoms with Crippen molar-refractivity contribution < 1.29 is 4.42 Å². The Hall–Kier alpha value is -1.80. The third kappa shape index (κ3) is 1.81. The first-order valence-corrected chi connectivity index (χ1v) is 5.99. The Morgan fingerprint density at radius 2 is 1.76 bits per heavy atom. The zero-order valence-electron chi connectivity index (χ0n) is 9.65. The number of fused-ring (bicyclic) bond motifs is 3. The third-order valence-electron chi connectivity index (χ3n) is 3.11. The Morgan fingerprint density at radius 3 is 2.65 bits per heavy atom. The highest BCUT2D eigenvalue weighted by Crippen LogP contribution is 2.29. The zero-order chi connectivity index (χ0) is 11.7. The lowest BCUT2D eigenvalue weighted by atomic mass is 10.1. The molecule has 2 aromatic carbocycles. The van der Waals surface area contributed by atoms with Crippen molar-refractivity contribution in [3.8, 4) is 0 Å². The molecule has 2 heteroatoms. The first-order valence-electron chi connectivity index (χ1n) is 5.99. The van der Waals surface area contributed by atoms with Gasteiger partial charge in [-0.3, -0.25) is 0 Å². The number of hydrogen-bond acceptors (Lipinski definition) is 2. The van der Waals surface area contributed by atoms with E-state index in [1.54, 1.807) is 0 Å². The third-order valence-corrected chi connectivity index (χ3v) is 3.11. The quantitative estimate of drug-likeness (QED) is 0.741. The van der Waals surface area contributed by atoms with Gasteiger partial charge in [-0.2, -0.15) is 0 Å². The van der Waals surface area contributed by atoms with E-state index in [2.05, 4.69) is 24.3 Å². The smallest absolute Gasteiger partial charge is 0.135 e. The SMILES string of the molecule is NCCCc1ccc2c(c1)oc1ccccc12. The number of nitrogens with two attached hydrogens (primary N) is 1. The molecular weight excluding hydrogens is 210 g/mol. The maximum atomic E-state index is 5.84. The predicted octanol–water partition coefficient (Wildman–Crippen LogP) is 3.48. The Kier molecular flexibility index (Phi) is 2.57. The zero-order valence-corrected chi connectivity index (χ0v) is 9.65. The maximum Gasteiger partial charge on any atom is 0.135 e. The van der Waals surface area contributed by atoms with Gasteiger partial charge in [0.25, 0.3) is 0 Å². The van der Waals surface area contributed by atoms with Crippen molar-refractivity contribution >= 4 is 21.9 Å². The van der Waals surface area contributed by atoms with Crippen molar-refractivity contribution in [3.05, 3.63) is 48.0 Å². The van der Waals surface area contributed by atoms with Gasteiger partial charge in [-0.25, -0.2) is 0 Å². The van der Waals surface area contributed by atoms with Gasteiger partial charge in [0.15, 0.2) is 0 Å². The summed E-state index contributed by atoms with van der Waals surface area (Å²) in [6.07, 6.45) is 2.04. The molecule has 0 aliphatic heterocycles. The van der Waals surface area contributed by atoms with Crippen molar-refractivity contribution in [2.75, 3.05) is 6.54 Å². The predicted molar refractivity (Wildman–Crippen MR) is 71.1 cm³/mol. The van der Waals surface area contributed by atoms with Crippen LogP contribution in [0.1, 0.15) is 12.0 Å². The molecule has 1 aromatic heterocycles. The fraction of sp³-hybridized carbons (Fsp3) is 0.200. The lowest BCUT2D eigenvalue weighted by Crippen LogP contribution is -1.99. The van der Waals surface area contributed by atoms with Gasteiger partial charge >= 0.3 is 0 Å². The van der Waals surface area contributed by atoms with E-state index in [1.165, 1.54) is 16.3 Å². The molecule has 86 valence electrons. The molecule has 0 amide bonds. The van der Waals surface area contributed by atoms with Crippen molar-refractivity contribution in [1.82, 2.24) is 0 Å². The van der Waals surface area contributed by atoms with Crippen molar-refractivity contribution in [2.24, 2.45) is 5.73 Å². The summed E-state index contributed by atoms with van der Waals surface area (Å²) in [4.78, 5) is 0. The van der Waals surface area contributed by atoms with Gasteiger partial charge in [-0.1, -0.05) is 30.3 Å². The van der Waals surface area contributed by atoms with Crippen molar-refractivity contribution in [1.29, 1.82) is 0 Å². The minimum absolute atomic E-state index is 0.734. The molecule has 0 fully saturated rings. The largest absolute Gasteiger partial charge is 0.456 e. The van der Waals surface area contributed by atoms with Crippen molar-refractivity contribution in [2.45, 2.75) is 12.8 Å². The van der Waals surface area contributed by atoms with E-state index in [9.17, 15) is 0 Å². The van der Waals surface area contributed by atoms with Crippen LogP contribution in [0, 0.1) is 0 Å². The van der Waals surface area contributed by atoms with E-state index < -0.39 is 0 Å². The average Bonchev–Trinajstić information content (AvgIpc) is 2.74. The van der Waals surface area contributed by atoms with Gasteiger partial charge in [0.2, 0.25) is 0 Å². The number of rotatable bonds is 3. The van der Waals surface area contributed by atoms with Crippen LogP contribution in [0.3, 0.4) is 0 Å². The summed E-state index contributed by atoms with van der Waals surface area (Å²) in [7, 11) is 0. The summed E-state index contributed by atoms with van der Waals surface area (Å²) >= 11 is 0. The summed E-state index contributed by atoms with van der Waals surface area (Å²) < 4.78 is 5.84. The first-order chi connectivity index (χ1) is 8.38. The second kappa shape index (κ2) is 4.22. The molecular formula is C15H15NO. The molecule has 3 aromatic rings. The highest BCUT2D eigenvalue weighted by atomic mass is 16.3. The molecule has 0 bridgehead atoms. The van der Waals surface area contributed by atoms with E-state index in [4.69, 9.17) is 10.2 Å². The van der Waals surface area contributed by atoms with Gasteiger partial charge < -0.3 is 10.2 Å². The number of benzene rings is 2.